The second kappa shape index (κ2) is 4.72. The smallest absolute Gasteiger partial charge is 0.129 e. The van der Waals surface area contributed by atoms with Gasteiger partial charge in [-0.2, -0.15) is 0 Å². The van der Waals surface area contributed by atoms with E-state index in [4.69, 9.17) is 23.2 Å². The molecule has 1 aromatic carbocycles. The number of thiophene rings is 1. The van der Waals surface area contributed by atoms with Crippen LogP contribution in [0.25, 0.3) is 0 Å². The minimum absolute atomic E-state index is 0.136. The summed E-state index contributed by atoms with van der Waals surface area (Å²) in [4.78, 5) is 0.517. The molecule has 0 fully saturated rings. The highest BCUT2D eigenvalue weighted by Crippen LogP contribution is 2.34. The first-order chi connectivity index (χ1) is 7.59. The van der Waals surface area contributed by atoms with E-state index in [1.54, 1.807) is 11.4 Å². The zero-order valence-corrected chi connectivity index (χ0v) is 10.3. The summed E-state index contributed by atoms with van der Waals surface area (Å²) >= 11 is 12.9. The third kappa shape index (κ3) is 2.23. The summed E-state index contributed by atoms with van der Waals surface area (Å²) in [6.45, 7) is 0. The number of aliphatic hydroxyl groups excluding tert-OH is 1. The van der Waals surface area contributed by atoms with Crippen molar-refractivity contribution in [3.63, 3.8) is 0 Å². The lowest BCUT2D eigenvalue weighted by molar-refractivity contribution is 0.219. The van der Waals surface area contributed by atoms with Crippen LogP contribution in [0.15, 0.2) is 29.6 Å². The summed E-state index contributed by atoms with van der Waals surface area (Å²) < 4.78 is 13.5. The molecule has 0 aliphatic rings. The van der Waals surface area contributed by atoms with Crippen molar-refractivity contribution >= 4 is 34.5 Å². The minimum atomic E-state index is -1.08. The van der Waals surface area contributed by atoms with Crippen molar-refractivity contribution < 1.29 is 9.50 Å². The third-order valence-electron chi connectivity index (χ3n) is 2.15. The lowest BCUT2D eigenvalue weighted by Crippen LogP contribution is -2.01. The number of hydrogen-bond acceptors (Lipinski definition) is 2. The van der Waals surface area contributed by atoms with E-state index in [1.165, 1.54) is 29.5 Å². The van der Waals surface area contributed by atoms with Gasteiger partial charge >= 0.3 is 0 Å². The van der Waals surface area contributed by atoms with Gasteiger partial charge in [-0.25, -0.2) is 4.39 Å². The van der Waals surface area contributed by atoms with E-state index in [-0.39, 0.29) is 5.56 Å². The molecule has 1 atom stereocenters. The molecule has 2 rings (SSSR count). The monoisotopic (exact) mass is 276 g/mol. The van der Waals surface area contributed by atoms with Crippen molar-refractivity contribution in [1.82, 2.24) is 0 Å². The summed E-state index contributed by atoms with van der Waals surface area (Å²) in [6, 6.07) is 5.72. The minimum Gasteiger partial charge on any atom is -0.383 e. The average molecular weight is 277 g/mol. The fraction of sp³-hybridized carbons (Fsp3) is 0.0909. The van der Waals surface area contributed by atoms with Crippen LogP contribution < -0.4 is 0 Å². The number of hydrogen-bond donors (Lipinski definition) is 1. The van der Waals surface area contributed by atoms with Gasteiger partial charge in [-0.1, -0.05) is 23.2 Å². The molecular formula is C11H7Cl2FOS. The highest BCUT2D eigenvalue weighted by Gasteiger charge is 2.19. The molecule has 0 aliphatic carbocycles. The van der Waals surface area contributed by atoms with Crippen molar-refractivity contribution in [2.75, 3.05) is 0 Å². The lowest BCUT2D eigenvalue weighted by Gasteiger charge is -2.11. The first kappa shape index (κ1) is 11.9. The zero-order chi connectivity index (χ0) is 11.7. The van der Waals surface area contributed by atoms with E-state index in [0.717, 1.165) is 0 Å². The summed E-state index contributed by atoms with van der Waals surface area (Å²) in [5, 5.41) is 12.5. The Morgan fingerprint density at radius 1 is 1.25 bits per heavy atom. The van der Waals surface area contributed by atoms with Crippen LogP contribution in [0.2, 0.25) is 10.0 Å². The summed E-state index contributed by atoms with van der Waals surface area (Å²) in [6.07, 6.45) is -1.08. The van der Waals surface area contributed by atoms with E-state index in [0.29, 0.717) is 14.9 Å². The van der Waals surface area contributed by atoms with Gasteiger partial charge < -0.3 is 5.11 Å². The van der Waals surface area contributed by atoms with E-state index >= 15 is 0 Å². The first-order valence-corrected chi connectivity index (χ1v) is 6.09. The first-order valence-electron chi connectivity index (χ1n) is 4.45. The molecule has 2 aromatic rings. The van der Waals surface area contributed by atoms with Gasteiger partial charge in [0.05, 0.1) is 9.90 Å². The molecule has 84 valence electrons. The van der Waals surface area contributed by atoms with Crippen LogP contribution in [0.4, 0.5) is 4.39 Å². The van der Waals surface area contributed by atoms with Crippen LogP contribution in [0.3, 0.4) is 0 Å². The third-order valence-corrected chi connectivity index (χ3v) is 3.79. The highest BCUT2D eigenvalue weighted by atomic mass is 35.5. The van der Waals surface area contributed by atoms with Gasteiger partial charge in [-0.15, -0.1) is 11.3 Å². The van der Waals surface area contributed by atoms with Crippen LogP contribution >= 0.6 is 34.5 Å². The SMILES string of the molecule is OC(c1cc(Cl)ccc1F)c1sccc1Cl. The Labute approximate surface area is 106 Å². The molecule has 1 N–H and O–H groups in total. The molecule has 16 heavy (non-hydrogen) atoms. The average Bonchev–Trinajstić information content (AvgIpc) is 2.67. The molecule has 0 saturated carbocycles. The Balaban J connectivity index is 2.45. The van der Waals surface area contributed by atoms with E-state index in [2.05, 4.69) is 0 Å². The standard InChI is InChI=1S/C11H7Cl2FOS/c12-6-1-2-9(14)7(5-6)10(15)11-8(13)3-4-16-11/h1-5,10,15H. The zero-order valence-electron chi connectivity index (χ0n) is 7.95. The summed E-state index contributed by atoms with van der Waals surface area (Å²) in [5.41, 5.74) is 0.136. The van der Waals surface area contributed by atoms with E-state index in [9.17, 15) is 9.50 Å². The fourth-order valence-electron chi connectivity index (χ4n) is 1.37. The molecule has 1 aromatic heterocycles. The van der Waals surface area contributed by atoms with Gasteiger partial charge in [0, 0.05) is 10.6 Å². The molecular weight excluding hydrogens is 270 g/mol. The second-order valence-electron chi connectivity index (χ2n) is 3.20. The molecule has 0 aliphatic heterocycles. The number of rotatable bonds is 2. The molecule has 0 radical (unpaired) electrons. The molecule has 0 amide bonds. The number of aliphatic hydroxyl groups is 1. The van der Waals surface area contributed by atoms with Crippen molar-refractivity contribution in [3.8, 4) is 0 Å². The second-order valence-corrected chi connectivity index (χ2v) is 4.99. The maximum absolute atomic E-state index is 13.5. The molecule has 0 spiro atoms. The molecule has 1 nitrogen and oxygen atoms in total. The molecule has 0 bridgehead atoms. The highest BCUT2D eigenvalue weighted by molar-refractivity contribution is 7.10. The van der Waals surface area contributed by atoms with Crippen molar-refractivity contribution in [1.29, 1.82) is 0 Å². The topological polar surface area (TPSA) is 20.2 Å². The van der Waals surface area contributed by atoms with Gasteiger partial charge in [-0.05, 0) is 29.6 Å². The predicted octanol–water partition coefficient (Wildman–Crippen LogP) is 4.28. The Kier molecular flexibility index (Phi) is 3.50. The largest absolute Gasteiger partial charge is 0.383 e. The van der Waals surface area contributed by atoms with Crippen LogP contribution in [-0.2, 0) is 0 Å². The van der Waals surface area contributed by atoms with Crippen LogP contribution in [0.1, 0.15) is 16.5 Å². The fourth-order valence-corrected chi connectivity index (χ4v) is 2.71. The van der Waals surface area contributed by atoms with Gasteiger partial charge in [0.2, 0.25) is 0 Å². The maximum atomic E-state index is 13.5. The summed E-state index contributed by atoms with van der Waals surface area (Å²) in [5.74, 6) is -0.499. The normalized spacial score (nSPS) is 12.8. The predicted molar refractivity (Wildman–Crippen MR) is 64.8 cm³/mol. The van der Waals surface area contributed by atoms with Gasteiger partial charge in [0.1, 0.15) is 11.9 Å². The quantitative estimate of drug-likeness (QED) is 0.868. The van der Waals surface area contributed by atoms with Crippen molar-refractivity contribution in [2.24, 2.45) is 0 Å². The van der Waals surface area contributed by atoms with Gasteiger partial charge in [0.25, 0.3) is 0 Å². The van der Waals surface area contributed by atoms with E-state index < -0.39 is 11.9 Å². The number of benzene rings is 1. The van der Waals surface area contributed by atoms with Crippen molar-refractivity contribution in [2.45, 2.75) is 6.10 Å². The molecule has 0 saturated heterocycles. The maximum Gasteiger partial charge on any atom is 0.129 e. The summed E-state index contributed by atoms with van der Waals surface area (Å²) in [7, 11) is 0. The molecule has 1 unspecified atom stereocenters. The van der Waals surface area contributed by atoms with Crippen LogP contribution in [0.5, 0.6) is 0 Å². The van der Waals surface area contributed by atoms with Gasteiger partial charge in [0.15, 0.2) is 0 Å². The van der Waals surface area contributed by atoms with Crippen molar-refractivity contribution in [3.05, 3.63) is 55.9 Å². The van der Waals surface area contributed by atoms with Crippen LogP contribution in [0, 0.1) is 5.82 Å². The lowest BCUT2D eigenvalue weighted by atomic mass is 10.1. The Morgan fingerprint density at radius 2 is 2.00 bits per heavy atom. The molecule has 5 heteroatoms. The molecule has 1 heterocycles. The van der Waals surface area contributed by atoms with Crippen LogP contribution in [-0.4, -0.2) is 5.11 Å². The Morgan fingerprint density at radius 3 is 2.62 bits per heavy atom. The van der Waals surface area contributed by atoms with Gasteiger partial charge in [-0.3, -0.25) is 0 Å². The Hall–Kier alpha value is -0.610. The Bertz CT molecular complexity index is 512. The number of halogens is 3. The van der Waals surface area contributed by atoms with E-state index in [1.807, 2.05) is 0 Å².